The first-order valence-electron chi connectivity index (χ1n) is 7.40. The molecule has 1 amide bonds. The molecule has 1 aliphatic rings. The van der Waals surface area contributed by atoms with E-state index in [9.17, 15) is 4.79 Å². The third kappa shape index (κ3) is 5.83. The predicted molar refractivity (Wildman–Crippen MR) is 75.3 cm³/mol. The summed E-state index contributed by atoms with van der Waals surface area (Å²) in [4.78, 5) is 14.2. The fourth-order valence-electron chi connectivity index (χ4n) is 2.55. The minimum atomic E-state index is 0.0249. The molecule has 3 N–H and O–H groups in total. The van der Waals surface area contributed by atoms with Crippen LogP contribution in [0.3, 0.4) is 0 Å². The van der Waals surface area contributed by atoms with Crippen molar-refractivity contribution in [3.8, 4) is 0 Å². The number of amides is 1. The van der Waals surface area contributed by atoms with Crippen LogP contribution in [0.2, 0.25) is 0 Å². The van der Waals surface area contributed by atoms with Gasteiger partial charge in [0.05, 0.1) is 0 Å². The van der Waals surface area contributed by atoms with E-state index >= 15 is 0 Å². The Balaban J connectivity index is 2.11. The lowest BCUT2D eigenvalue weighted by molar-refractivity contribution is -0.121. The quantitative estimate of drug-likeness (QED) is 0.722. The average Bonchev–Trinajstić information content (AvgIpc) is 2.37. The molecule has 0 aromatic rings. The van der Waals surface area contributed by atoms with E-state index in [0.717, 1.165) is 25.9 Å². The van der Waals surface area contributed by atoms with Crippen LogP contribution in [0.25, 0.3) is 0 Å². The van der Waals surface area contributed by atoms with Crippen LogP contribution in [0.1, 0.15) is 46.0 Å². The molecule has 0 radical (unpaired) electrons. The van der Waals surface area contributed by atoms with Crippen LogP contribution in [0.5, 0.6) is 0 Å². The molecule has 1 heterocycles. The van der Waals surface area contributed by atoms with Gasteiger partial charge >= 0.3 is 0 Å². The zero-order chi connectivity index (χ0) is 13.4. The molecule has 1 unspecified atom stereocenters. The maximum atomic E-state index is 11.7. The fourth-order valence-corrected chi connectivity index (χ4v) is 2.55. The molecule has 0 aromatic carbocycles. The van der Waals surface area contributed by atoms with E-state index < -0.39 is 0 Å². The summed E-state index contributed by atoms with van der Waals surface area (Å²) in [6, 6.07) is 0.0249. The van der Waals surface area contributed by atoms with Gasteiger partial charge in [0.1, 0.15) is 0 Å². The standard InChI is InChI=1S/C14H29N3O/c1-3-5-13(15)10-14(18)16-11-12-6-8-17(4-2)9-7-12/h12-13H,3-11,15H2,1-2H3,(H,16,18). The third-order valence-electron chi connectivity index (χ3n) is 3.85. The summed E-state index contributed by atoms with van der Waals surface area (Å²) >= 11 is 0. The van der Waals surface area contributed by atoms with Gasteiger partial charge in [-0.3, -0.25) is 4.79 Å². The molecule has 0 aliphatic carbocycles. The molecule has 0 spiro atoms. The number of carbonyl (C=O) groups excluding carboxylic acids is 1. The van der Waals surface area contributed by atoms with Crippen LogP contribution < -0.4 is 11.1 Å². The van der Waals surface area contributed by atoms with E-state index in [1.54, 1.807) is 0 Å². The summed E-state index contributed by atoms with van der Waals surface area (Å²) in [7, 11) is 0. The second-order valence-corrected chi connectivity index (χ2v) is 5.43. The zero-order valence-corrected chi connectivity index (χ0v) is 12.0. The number of rotatable bonds is 7. The van der Waals surface area contributed by atoms with Gasteiger partial charge in [-0.25, -0.2) is 0 Å². The Morgan fingerprint density at radius 3 is 2.61 bits per heavy atom. The Bertz CT molecular complexity index is 237. The third-order valence-corrected chi connectivity index (χ3v) is 3.85. The van der Waals surface area contributed by atoms with Gasteiger partial charge in [-0.05, 0) is 44.8 Å². The van der Waals surface area contributed by atoms with E-state index in [2.05, 4.69) is 24.1 Å². The van der Waals surface area contributed by atoms with Crippen molar-refractivity contribution in [1.82, 2.24) is 10.2 Å². The predicted octanol–water partition coefficient (Wildman–Crippen LogP) is 1.35. The molecule has 0 bridgehead atoms. The summed E-state index contributed by atoms with van der Waals surface area (Å²) < 4.78 is 0. The van der Waals surface area contributed by atoms with E-state index in [0.29, 0.717) is 12.3 Å². The maximum Gasteiger partial charge on any atom is 0.221 e. The van der Waals surface area contributed by atoms with E-state index in [4.69, 9.17) is 5.73 Å². The molecule has 106 valence electrons. The van der Waals surface area contributed by atoms with Crippen LogP contribution in [0.4, 0.5) is 0 Å². The highest BCUT2D eigenvalue weighted by molar-refractivity contribution is 5.76. The second-order valence-electron chi connectivity index (χ2n) is 5.43. The molecule has 0 saturated carbocycles. The molecule has 4 nitrogen and oxygen atoms in total. The smallest absolute Gasteiger partial charge is 0.221 e. The van der Waals surface area contributed by atoms with Crippen LogP contribution in [-0.4, -0.2) is 43.0 Å². The van der Waals surface area contributed by atoms with Crippen LogP contribution in [0.15, 0.2) is 0 Å². The van der Waals surface area contributed by atoms with E-state index in [1.165, 1.54) is 25.9 Å². The van der Waals surface area contributed by atoms with Gasteiger partial charge in [0, 0.05) is 19.0 Å². The number of piperidine rings is 1. The fraction of sp³-hybridized carbons (Fsp3) is 0.929. The van der Waals surface area contributed by atoms with Gasteiger partial charge in [-0.2, -0.15) is 0 Å². The maximum absolute atomic E-state index is 11.7. The van der Waals surface area contributed by atoms with Crippen molar-refractivity contribution in [2.24, 2.45) is 11.7 Å². The van der Waals surface area contributed by atoms with E-state index in [-0.39, 0.29) is 11.9 Å². The Morgan fingerprint density at radius 2 is 2.06 bits per heavy atom. The van der Waals surface area contributed by atoms with Gasteiger partial charge in [0.2, 0.25) is 5.91 Å². The highest BCUT2D eigenvalue weighted by atomic mass is 16.1. The van der Waals surface area contributed by atoms with Crippen molar-refractivity contribution < 1.29 is 4.79 Å². The first-order chi connectivity index (χ1) is 8.65. The van der Waals surface area contributed by atoms with Gasteiger partial charge in [-0.15, -0.1) is 0 Å². The molecule has 0 aromatic heterocycles. The first-order valence-corrected chi connectivity index (χ1v) is 7.40. The zero-order valence-electron chi connectivity index (χ0n) is 12.0. The molecule has 1 fully saturated rings. The molecule has 1 atom stereocenters. The summed E-state index contributed by atoms with van der Waals surface area (Å²) in [6.07, 6.45) is 4.86. The van der Waals surface area contributed by atoms with Gasteiger partial charge in [0.25, 0.3) is 0 Å². The number of nitrogens with two attached hydrogens (primary N) is 1. The lowest BCUT2D eigenvalue weighted by Crippen LogP contribution is -2.39. The SMILES string of the molecule is CCCC(N)CC(=O)NCC1CCN(CC)CC1. The number of nitrogens with zero attached hydrogens (tertiary/aromatic N) is 1. The Kier molecular flexibility index (Phi) is 7.28. The molecular weight excluding hydrogens is 226 g/mol. The number of carbonyl (C=O) groups is 1. The van der Waals surface area contributed by atoms with Crippen LogP contribution >= 0.6 is 0 Å². The molecule has 1 aliphatic heterocycles. The monoisotopic (exact) mass is 255 g/mol. The largest absolute Gasteiger partial charge is 0.356 e. The first kappa shape index (κ1) is 15.4. The van der Waals surface area contributed by atoms with Crippen molar-refractivity contribution in [2.75, 3.05) is 26.2 Å². The van der Waals surface area contributed by atoms with Gasteiger partial charge in [0.15, 0.2) is 0 Å². The molecule has 4 heteroatoms. The van der Waals surface area contributed by atoms with E-state index in [1.807, 2.05) is 0 Å². The topological polar surface area (TPSA) is 58.4 Å². The lowest BCUT2D eigenvalue weighted by Gasteiger charge is -2.31. The number of nitrogens with one attached hydrogen (secondary N) is 1. The molecule has 18 heavy (non-hydrogen) atoms. The van der Waals surface area contributed by atoms with Crippen molar-refractivity contribution in [3.05, 3.63) is 0 Å². The number of likely N-dealkylation sites (tertiary alicyclic amines) is 1. The van der Waals surface area contributed by atoms with Crippen LogP contribution in [-0.2, 0) is 4.79 Å². The van der Waals surface area contributed by atoms with Crippen molar-refractivity contribution >= 4 is 5.91 Å². The second kappa shape index (κ2) is 8.48. The molecule has 1 rings (SSSR count). The highest BCUT2D eigenvalue weighted by Crippen LogP contribution is 2.15. The van der Waals surface area contributed by atoms with Gasteiger partial charge in [-0.1, -0.05) is 20.3 Å². The highest BCUT2D eigenvalue weighted by Gasteiger charge is 2.18. The number of hydrogen-bond donors (Lipinski definition) is 2. The summed E-state index contributed by atoms with van der Waals surface area (Å²) in [5.41, 5.74) is 5.86. The van der Waals surface area contributed by atoms with Crippen molar-refractivity contribution in [1.29, 1.82) is 0 Å². The summed E-state index contributed by atoms with van der Waals surface area (Å²) in [5.74, 6) is 0.771. The Hall–Kier alpha value is -0.610. The number of hydrogen-bond acceptors (Lipinski definition) is 3. The Morgan fingerprint density at radius 1 is 1.39 bits per heavy atom. The molecular formula is C14H29N3O. The normalized spacial score (nSPS) is 19.7. The summed E-state index contributed by atoms with van der Waals surface area (Å²) in [6.45, 7) is 8.62. The minimum Gasteiger partial charge on any atom is -0.356 e. The lowest BCUT2D eigenvalue weighted by atomic mass is 9.96. The average molecular weight is 255 g/mol. The van der Waals surface area contributed by atoms with Crippen LogP contribution in [0, 0.1) is 5.92 Å². The van der Waals surface area contributed by atoms with Crippen molar-refractivity contribution in [2.45, 2.75) is 52.0 Å². The van der Waals surface area contributed by atoms with Gasteiger partial charge < -0.3 is 16.0 Å². The minimum absolute atomic E-state index is 0.0249. The summed E-state index contributed by atoms with van der Waals surface area (Å²) in [5, 5.41) is 3.04. The Labute approximate surface area is 111 Å². The van der Waals surface area contributed by atoms with Crippen molar-refractivity contribution in [3.63, 3.8) is 0 Å². The molecule has 1 saturated heterocycles.